The van der Waals surface area contributed by atoms with E-state index in [1.807, 2.05) is 51.1 Å². The summed E-state index contributed by atoms with van der Waals surface area (Å²) in [5.74, 6) is -0.804. The molecule has 0 bridgehead atoms. The van der Waals surface area contributed by atoms with Gasteiger partial charge in [0.25, 0.3) is 0 Å². The van der Waals surface area contributed by atoms with Crippen LogP contribution in [0.4, 0.5) is 4.79 Å². The Morgan fingerprint density at radius 2 is 1.78 bits per heavy atom. The molecule has 2 heterocycles. The van der Waals surface area contributed by atoms with Gasteiger partial charge in [0.1, 0.15) is 18.8 Å². The van der Waals surface area contributed by atoms with Crippen molar-refractivity contribution in [2.75, 3.05) is 14.2 Å². The third kappa shape index (κ3) is 4.25. The fourth-order valence-corrected chi connectivity index (χ4v) is 3.43. The van der Waals surface area contributed by atoms with Crippen molar-refractivity contribution in [3.8, 4) is 0 Å². The van der Waals surface area contributed by atoms with Gasteiger partial charge in [0.05, 0.1) is 6.04 Å². The molecule has 2 aliphatic rings. The molecule has 150 valence electrons. The lowest BCUT2D eigenvalue weighted by Gasteiger charge is -2.43. The molecule has 8 nitrogen and oxygen atoms in total. The number of hydroxylamine groups is 2. The molecular weight excluding hydrogens is 354 g/mol. The molecule has 0 radical (unpaired) electrons. The standard InChI is InChI=1S/C19H27NO7/c1-12-14-15(26-19(2,3)25-14)16(17(22-4)23-5)27-20(12)18(21)24-11-13-9-7-6-8-10-13/h6-10,12,14-17H,11H2,1-5H3/t12-,14-,15-,16-/m1/s1. The van der Waals surface area contributed by atoms with Crippen molar-refractivity contribution >= 4 is 6.09 Å². The smallest absolute Gasteiger partial charge is 0.434 e. The molecule has 3 rings (SSSR count). The first-order valence-corrected chi connectivity index (χ1v) is 8.94. The second-order valence-corrected chi connectivity index (χ2v) is 7.08. The Hall–Kier alpha value is -1.71. The number of fused-ring (bicyclic) bond motifs is 1. The Kier molecular flexibility index (Phi) is 6.02. The summed E-state index contributed by atoms with van der Waals surface area (Å²) in [7, 11) is 3.01. The molecule has 0 spiro atoms. The van der Waals surface area contributed by atoms with Gasteiger partial charge in [0.15, 0.2) is 18.2 Å². The third-order valence-electron chi connectivity index (χ3n) is 4.69. The molecule has 8 heteroatoms. The SMILES string of the molecule is COC(OC)[C@@H]1ON(C(=O)OCc2ccccc2)[C@H](C)[C@H]2OC(C)(C)O[C@H]21. The van der Waals surface area contributed by atoms with Gasteiger partial charge in [-0.05, 0) is 26.3 Å². The van der Waals surface area contributed by atoms with E-state index in [0.717, 1.165) is 5.56 Å². The number of benzene rings is 1. The Balaban J connectivity index is 1.75. The van der Waals surface area contributed by atoms with Gasteiger partial charge in [-0.25, -0.2) is 4.79 Å². The average Bonchev–Trinajstić information content (AvgIpc) is 2.99. The summed E-state index contributed by atoms with van der Waals surface area (Å²) in [6, 6.07) is 9.03. The number of methoxy groups -OCH3 is 2. The maximum atomic E-state index is 12.7. The molecule has 27 heavy (non-hydrogen) atoms. The van der Waals surface area contributed by atoms with Gasteiger partial charge in [-0.1, -0.05) is 30.3 Å². The summed E-state index contributed by atoms with van der Waals surface area (Å²) in [6.45, 7) is 5.62. The zero-order valence-corrected chi connectivity index (χ0v) is 16.3. The van der Waals surface area contributed by atoms with Crippen LogP contribution in [-0.2, 0) is 35.1 Å². The van der Waals surface area contributed by atoms with E-state index >= 15 is 0 Å². The maximum Gasteiger partial charge on any atom is 0.434 e. The number of rotatable bonds is 5. The van der Waals surface area contributed by atoms with Crippen molar-refractivity contribution in [3.05, 3.63) is 35.9 Å². The molecule has 2 aliphatic heterocycles. The molecular formula is C19H27NO7. The van der Waals surface area contributed by atoms with Crippen LogP contribution in [0, 0.1) is 0 Å². The second-order valence-electron chi connectivity index (χ2n) is 7.08. The summed E-state index contributed by atoms with van der Waals surface area (Å²) in [4.78, 5) is 18.6. The summed E-state index contributed by atoms with van der Waals surface area (Å²) in [6.07, 6.45) is -2.87. The molecule has 0 aliphatic carbocycles. The van der Waals surface area contributed by atoms with Crippen molar-refractivity contribution in [3.63, 3.8) is 0 Å². The van der Waals surface area contributed by atoms with Gasteiger partial charge in [0, 0.05) is 14.2 Å². The van der Waals surface area contributed by atoms with Crippen LogP contribution in [0.1, 0.15) is 26.3 Å². The lowest BCUT2D eigenvalue weighted by atomic mass is 10.00. The number of nitrogens with zero attached hydrogens (tertiary/aromatic N) is 1. The summed E-state index contributed by atoms with van der Waals surface area (Å²) in [5.41, 5.74) is 0.887. The summed E-state index contributed by atoms with van der Waals surface area (Å²) < 4.78 is 28.1. The third-order valence-corrected chi connectivity index (χ3v) is 4.69. The summed E-state index contributed by atoms with van der Waals surface area (Å²) >= 11 is 0. The minimum atomic E-state index is -0.804. The minimum Gasteiger partial charge on any atom is -0.443 e. The van der Waals surface area contributed by atoms with E-state index in [1.54, 1.807) is 0 Å². The Labute approximate surface area is 159 Å². The molecule has 1 aromatic carbocycles. The average molecular weight is 381 g/mol. The first kappa shape index (κ1) is 20.0. The monoisotopic (exact) mass is 381 g/mol. The highest BCUT2D eigenvalue weighted by molar-refractivity contribution is 5.67. The lowest BCUT2D eigenvalue weighted by Crippen LogP contribution is -2.62. The van der Waals surface area contributed by atoms with Crippen molar-refractivity contribution in [2.45, 2.75) is 63.8 Å². The van der Waals surface area contributed by atoms with Gasteiger partial charge in [-0.3, -0.25) is 4.84 Å². The van der Waals surface area contributed by atoms with E-state index in [4.69, 9.17) is 28.5 Å². The quantitative estimate of drug-likeness (QED) is 0.725. The van der Waals surface area contributed by atoms with E-state index in [1.165, 1.54) is 19.3 Å². The normalized spacial score (nSPS) is 29.6. The van der Waals surface area contributed by atoms with E-state index in [-0.39, 0.29) is 6.61 Å². The van der Waals surface area contributed by atoms with Crippen molar-refractivity contribution in [1.29, 1.82) is 0 Å². The van der Waals surface area contributed by atoms with E-state index < -0.39 is 42.5 Å². The van der Waals surface area contributed by atoms with Crippen molar-refractivity contribution < 1.29 is 33.3 Å². The van der Waals surface area contributed by atoms with Crippen LogP contribution in [0.5, 0.6) is 0 Å². The molecule has 0 unspecified atom stereocenters. The predicted molar refractivity (Wildman–Crippen MR) is 94.4 cm³/mol. The highest BCUT2D eigenvalue weighted by Crippen LogP contribution is 2.39. The molecule has 4 atom stereocenters. The number of ether oxygens (including phenoxy) is 5. The Morgan fingerprint density at radius 1 is 1.15 bits per heavy atom. The van der Waals surface area contributed by atoms with Gasteiger partial charge in [-0.15, -0.1) is 0 Å². The number of hydrogen-bond acceptors (Lipinski definition) is 7. The molecule has 1 amide bonds. The number of carbonyl (C=O) groups excluding carboxylic acids is 1. The molecule has 2 fully saturated rings. The second kappa shape index (κ2) is 8.12. The van der Waals surface area contributed by atoms with Gasteiger partial charge < -0.3 is 23.7 Å². The maximum absolute atomic E-state index is 12.7. The first-order chi connectivity index (χ1) is 12.9. The molecule has 0 aromatic heterocycles. The number of amides is 1. The molecule has 0 N–H and O–H groups in total. The van der Waals surface area contributed by atoms with Crippen LogP contribution in [-0.4, -0.2) is 61.8 Å². The highest BCUT2D eigenvalue weighted by atomic mass is 16.8. The van der Waals surface area contributed by atoms with E-state index in [0.29, 0.717) is 0 Å². The van der Waals surface area contributed by atoms with Crippen LogP contribution in [0.25, 0.3) is 0 Å². The van der Waals surface area contributed by atoms with Crippen LogP contribution in [0.15, 0.2) is 30.3 Å². The van der Waals surface area contributed by atoms with Crippen LogP contribution in [0.3, 0.4) is 0 Å². The van der Waals surface area contributed by atoms with Crippen molar-refractivity contribution in [1.82, 2.24) is 5.06 Å². The van der Waals surface area contributed by atoms with E-state index in [9.17, 15) is 4.79 Å². The van der Waals surface area contributed by atoms with Gasteiger partial charge in [-0.2, -0.15) is 5.06 Å². The zero-order valence-electron chi connectivity index (χ0n) is 16.3. The highest BCUT2D eigenvalue weighted by Gasteiger charge is 2.57. The van der Waals surface area contributed by atoms with Crippen LogP contribution >= 0.6 is 0 Å². The van der Waals surface area contributed by atoms with Gasteiger partial charge >= 0.3 is 6.09 Å². The van der Waals surface area contributed by atoms with Crippen molar-refractivity contribution in [2.24, 2.45) is 0 Å². The van der Waals surface area contributed by atoms with E-state index in [2.05, 4.69) is 0 Å². The Bertz CT molecular complexity index is 634. The minimum absolute atomic E-state index is 0.145. The first-order valence-electron chi connectivity index (χ1n) is 8.94. The lowest BCUT2D eigenvalue weighted by molar-refractivity contribution is -0.317. The predicted octanol–water partition coefficient (Wildman–Crippen LogP) is 2.47. The molecule has 1 aromatic rings. The molecule has 2 saturated heterocycles. The number of hydrogen-bond donors (Lipinski definition) is 0. The zero-order chi connectivity index (χ0) is 19.6. The fourth-order valence-electron chi connectivity index (χ4n) is 3.43. The fraction of sp³-hybridized carbons (Fsp3) is 0.632. The molecule has 0 saturated carbocycles. The largest absolute Gasteiger partial charge is 0.443 e. The Morgan fingerprint density at radius 3 is 2.41 bits per heavy atom. The summed E-state index contributed by atoms with van der Waals surface area (Å²) in [5, 5.41) is 1.19. The van der Waals surface area contributed by atoms with Crippen LogP contribution in [0.2, 0.25) is 0 Å². The number of carbonyl (C=O) groups is 1. The topological polar surface area (TPSA) is 75.7 Å². The van der Waals surface area contributed by atoms with Gasteiger partial charge in [0.2, 0.25) is 0 Å². The van der Waals surface area contributed by atoms with Crippen LogP contribution < -0.4 is 0 Å².